The lowest BCUT2D eigenvalue weighted by Crippen LogP contribution is -2.07. The van der Waals surface area contributed by atoms with Gasteiger partial charge in [-0.05, 0) is 17.1 Å². The Labute approximate surface area is 115 Å². The van der Waals surface area contributed by atoms with Gasteiger partial charge in [0.05, 0.1) is 6.54 Å². The molecule has 0 amide bonds. The topological polar surface area (TPSA) is 93.5 Å². The van der Waals surface area contributed by atoms with Crippen LogP contribution in [0, 0.1) is 17.0 Å². The monoisotopic (exact) mass is 274 g/mol. The molecular formula is C13H14N4O3. The molecule has 0 radical (unpaired) electrons. The van der Waals surface area contributed by atoms with Crippen molar-refractivity contribution in [3.63, 3.8) is 0 Å². The molecule has 0 aliphatic rings. The molecule has 0 atom stereocenters. The molecule has 1 N–H and O–H groups in total. The number of benzene rings is 1. The highest BCUT2D eigenvalue weighted by atomic mass is 16.6. The molecule has 1 aromatic carbocycles. The van der Waals surface area contributed by atoms with Crippen LogP contribution in [-0.2, 0) is 6.54 Å². The van der Waals surface area contributed by atoms with Gasteiger partial charge in [-0.2, -0.15) is 0 Å². The van der Waals surface area contributed by atoms with Gasteiger partial charge in [0.25, 0.3) is 0 Å². The standard InChI is InChI=1S/C13H14N4O3/c1-10-15-9-13(17(19)20)16(10)7-6-14-8-11-4-2-3-5-12(11)18/h2-5,8-9,18H,6-7H2,1H3. The van der Waals surface area contributed by atoms with Crippen LogP contribution in [0.1, 0.15) is 11.4 Å². The van der Waals surface area contributed by atoms with Crippen molar-refractivity contribution in [1.29, 1.82) is 0 Å². The van der Waals surface area contributed by atoms with Crippen molar-refractivity contribution in [3.8, 4) is 5.75 Å². The molecule has 0 saturated heterocycles. The Morgan fingerprint density at radius 1 is 1.50 bits per heavy atom. The van der Waals surface area contributed by atoms with Crippen molar-refractivity contribution >= 4 is 12.0 Å². The van der Waals surface area contributed by atoms with Gasteiger partial charge >= 0.3 is 5.82 Å². The number of para-hydroxylation sites is 1. The molecule has 0 saturated carbocycles. The number of hydrogen-bond donors (Lipinski definition) is 1. The lowest BCUT2D eigenvalue weighted by molar-refractivity contribution is -0.392. The predicted octanol–water partition coefficient (Wildman–Crippen LogP) is 1.92. The van der Waals surface area contributed by atoms with Crippen LogP contribution in [0.25, 0.3) is 0 Å². The van der Waals surface area contributed by atoms with Crippen molar-refractivity contribution in [2.45, 2.75) is 13.5 Å². The molecule has 2 aromatic rings. The highest BCUT2D eigenvalue weighted by Crippen LogP contribution is 2.14. The fraction of sp³-hybridized carbons (Fsp3) is 0.231. The summed E-state index contributed by atoms with van der Waals surface area (Å²) in [5, 5.41) is 20.4. The van der Waals surface area contributed by atoms with Crippen molar-refractivity contribution < 1.29 is 10.0 Å². The van der Waals surface area contributed by atoms with E-state index in [9.17, 15) is 15.2 Å². The Morgan fingerprint density at radius 3 is 2.95 bits per heavy atom. The first-order chi connectivity index (χ1) is 9.59. The number of phenols is 1. The van der Waals surface area contributed by atoms with E-state index in [-0.39, 0.29) is 11.6 Å². The molecule has 1 heterocycles. The van der Waals surface area contributed by atoms with Gasteiger partial charge in [0.2, 0.25) is 0 Å². The van der Waals surface area contributed by atoms with Crippen LogP contribution < -0.4 is 0 Å². The highest BCUT2D eigenvalue weighted by molar-refractivity contribution is 5.83. The molecule has 7 nitrogen and oxygen atoms in total. The van der Waals surface area contributed by atoms with Crippen LogP contribution in [0.4, 0.5) is 5.82 Å². The van der Waals surface area contributed by atoms with E-state index in [4.69, 9.17) is 0 Å². The van der Waals surface area contributed by atoms with Gasteiger partial charge < -0.3 is 15.2 Å². The minimum atomic E-state index is -0.466. The first kappa shape index (κ1) is 13.7. The normalized spacial score (nSPS) is 11.1. The number of aliphatic imine (C=N–C) groups is 1. The summed E-state index contributed by atoms with van der Waals surface area (Å²) in [5.41, 5.74) is 0.615. The maximum absolute atomic E-state index is 10.8. The molecule has 1 aromatic heterocycles. The largest absolute Gasteiger partial charge is 0.507 e. The molecule has 0 aliphatic heterocycles. The molecule has 20 heavy (non-hydrogen) atoms. The molecular weight excluding hydrogens is 260 g/mol. The zero-order chi connectivity index (χ0) is 14.5. The SMILES string of the molecule is Cc1ncc([N+](=O)[O-])n1CCN=Cc1ccccc1O. The third-order valence-electron chi connectivity index (χ3n) is 2.84. The van der Waals surface area contributed by atoms with E-state index in [1.807, 2.05) is 0 Å². The summed E-state index contributed by atoms with van der Waals surface area (Å²) >= 11 is 0. The van der Waals surface area contributed by atoms with Crippen molar-refractivity contribution in [2.75, 3.05) is 6.54 Å². The second-order valence-corrected chi connectivity index (χ2v) is 4.17. The Balaban J connectivity index is 2.02. The quantitative estimate of drug-likeness (QED) is 0.512. The number of imidazole rings is 1. The number of nitrogens with zero attached hydrogens (tertiary/aromatic N) is 4. The summed E-state index contributed by atoms with van der Waals surface area (Å²) in [6.45, 7) is 2.44. The zero-order valence-corrected chi connectivity index (χ0v) is 10.9. The number of rotatable bonds is 5. The van der Waals surface area contributed by atoms with Crippen molar-refractivity contribution in [3.05, 3.63) is 52.0 Å². The minimum Gasteiger partial charge on any atom is -0.507 e. The molecule has 2 rings (SSSR count). The van der Waals surface area contributed by atoms with Gasteiger partial charge in [0.15, 0.2) is 5.82 Å². The summed E-state index contributed by atoms with van der Waals surface area (Å²) in [7, 11) is 0. The first-order valence-corrected chi connectivity index (χ1v) is 6.04. The smallest absolute Gasteiger partial charge is 0.342 e. The minimum absolute atomic E-state index is 0.0414. The number of phenolic OH excluding ortho intramolecular Hbond substituents is 1. The fourth-order valence-corrected chi connectivity index (χ4v) is 1.80. The summed E-state index contributed by atoms with van der Waals surface area (Å²) in [6.07, 6.45) is 2.79. The summed E-state index contributed by atoms with van der Waals surface area (Å²) < 4.78 is 1.50. The number of aromatic nitrogens is 2. The average Bonchev–Trinajstić information content (AvgIpc) is 2.78. The van der Waals surface area contributed by atoms with Gasteiger partial charge in [-0.25, -0.2) is 9.55 Å². The van der Waals surface area contributed by atoms with E-state index in [2.05, 4.69) is 9.98 Å². The predicted molar refractivity (Wildman–Crippen MR) is 74.2 cm³/mol. The highest BCUT2D eigenvalue weighted by Gasteiger charge is 2.16. The van der Waals surface area contributed by atoms with Crippen LogP contribution in [-0.4, -0.2) is 32.3 Å². The van der Waals surface area contributed by atoms with Crippen LogP contribution in [0.3, 0.4) is 0 Å². The molecule has 0 spiro atoms. The van der Waals surface area contributed by atoms with Crippen molar-refractivity contribution in [2.24, 2.45) is 4.99 Å². The van der Waals surface area contributed by atoms with Gasteiger partial charge in [0, 0.05) is 18.7 Å². The summed E-state index contributed by atoms with van der Waals surface area (Å²) in [6, 6.07) is 6.84. The van der Waals surface area contributed by atoms with E-state index in [0.29, 0.717) is 24.5 Å². The van der Waals surface area contributed by atoms with Crippen LogP contribution in [0.15, 0.2) is 35.5 Å². The Kier molecular flexibility index (Phi) is 4.09. The number of hydrogen-bond acceptors (Lipinski definition) is 5. The average molecular weight is 274 g/mol. The molecule has 0 bridgehead atoms. The maximum atomic E-state index is 10.8. The molecule has 0 aliphatic carbocycles. The lowest BCUT2D eigenvalue weighted by Gasteiger charge is -2.00. The van der Waals surface area contributed by atoms with E-state index < -0.39 is 4.92 Å². The van der Waals surface area contributed by atoms with E-state index >= 15 is 0 Å². The van der Waals surface area contributed by atoms with Gasteiger partial charge in [-0.15, -0.1) is 0 Å². The van der Waals surface area contributed by atoms with Gasteiger partial charge in [-0.1, -0.05) is 12.1 Å². The Morgan fingerprint density at radius 2 is 2.25 bits per heavy atom. The van der Waals surface area contributed by atoms with Crippen LogP contribution in [0.2, 0.25) is 0 Å². The van der Waals surface area contributed by atoms with Crippen LogP contribution in [0.5, 0.6) is 5.75 Å². The van der Waals surface area contributed by atoms with E-state index in [0.717, 1.165) is 0 Å². The number of aryl methyl sites for hydroxylation is 1. The third kappa shape index (κ3) is 3.00. The van der Waals surface area contributed by atoms with Gasteiger partial charge in [0.1, 0.15) is 18.5 Å². The third-order valence-corrected chi connectivity index (χ3v) is 2.84. The molecule has 7 heteroatoms. The maximum Gasteiger partial charge on any atom is 0.342 e. The number of nitro groups is 1. The second kappa shape index (κ2) is 5.96. The first-order valence-electron chi connectivity index (χ1n) is 6.04. The van der Waals surface area contributed by atoms with E-state index in [1.165, 1.54) is 10.8 Å². The molecule has 104 valence electrons. The molecule has 0 unspecified atom stereocenters. The summed E-state index contributed by atoms with van der Waals surface area (Å²) in [4.78, 5) is 18.4. The van der Waals surface area contributed by atoms with Gasteiger partial charge in [-0.3, -0.25) is 4.99 Å². The summed E-state index contributed by atoms with van der Waals surface area (Å²) in [5.74, 6) is 0.691. The Hall–Kier alpha value is -2.70. The zero-order valence-electron chi connectivity index (χ0n) is 10.9. The second-order valence-electron chi connectivity index (χ2n) is 4.17. The molecule has 0 fully saturated rings. The Bertz CT molecular complexity index is 649. The number of aromatic hydroxyl groups is 1. The van der Waals surface area contributed by atoms with E-state index in [1.54, 1.807) is 37.4 Å². The van der Waals surface area contributed by atoms with Crippen molar-refractivity contribution in [1.82, 2.24) is 9.55 Å². The van der Waals surface area contributed by atoms with Crippen LogP contribution >= 0.6 is 0 Å². The fourth-order valence-electron chi connectivity index (χ4n) is 1.80. The lowest BCUT2D eigenvalue weighted by atomic mass is 10.2.